The number of morpholine rings is 1. The minimum Gasteiger partial charge on any atom is -0.480 e. The highest BCUT2D eigenvalue weighted by molar-refractivity contribution is 5.87. The lowest BCUT2D eigenvalue weighted by atomic mass is 9.98. The van der Waals surface area contributed by atoms with Crippen LogP contribution in [0.4, 0.5) is 4.79 Å². The van der Waals surface area contributed by atoms with Gasteiger partial charge in [-0.15, -0.1) is 0 Å². The maximum absolute atomic E-state index is 13.3. The molecule has 2 aromatic carbocycles. The number of aliphatic carboxylic acids is 1. The van der Waals surface area contributed by atoms with E-state index in [4.69, 9.17) is 9.47 Å². The Morgan fingerprint density at radius 2 is 1.71 bits per heavy atom. The summed E-state index contributed by atoms with van der Waals surface area (Å²) < 4.78 is 11.1. The minimum atomic E-state index is -1.08. The Morgan fingerprint density at radius 1 is 1.06 bits per heavy atom. The Hall–Kier alpha value is -3.39. The third-order valence-corrected chi connectivity index (χ3v) is 7.51. The average Bonchev–Trinajstić information content (AvgIpc) is 3.44. The van der Waals surface area contributed by atoms with E-state index < -0.39 is 30.1 Å². The van der Waals surface area contributed by atoms with Crippen molar-refractivity contribution >= 4 is 18.0 Å². The number of hydrogen-bond acceptors (Lipinski definition) is 5. The number of nitrogens with one attached hydrogen (secondary N) is 1. The maximum atomic E-state index is 13.3. The van der Waals surface area contributed by atoms with Crippen molar-refractivity contribution in [1.82, 2.24) is 10.2 Å². The molecule has 2 aromatic rings. The predicted octanol–water partition coefficient (Wildman–Crippen LogP) is 3.39. The second-order valence-electron chi connectivity index (χ2n) is 9.50. The monoisotopic (exact) mass is 478 g/mol. The summed E-state index contributed by atoms with van der Waals surface area (Å²) in [6.45, 7) is 2.40. The molecular formula is C27H30N2O6. The Labute approximate surface area is 204 Å². The number of hydrogen-bond donors (Lipinski definition) is 2. The molecule has 2 fully saturated rings. The molecule has 5 rings (SSSR count). The minimum absolute atomic E-state index is 0.0414. The van der Waals surface area contributed by atoms with Crippen molar-refractivity contribution in [1.29, 1.82) is 0 Å². The van der Waals surface area contributed by atoms with Gasteiger partial charge in [0, 0.05) is 18.5 Å². The zero-order chi connectivity index (χ0) is 24.5. The number of alkyl carbamates (subject to hydrolysis) is 1. The van der Waals surface area contributed by atoms with Gasteiger partial charge in [-0.2, -0.15) is 0 Å². The van der Waals surface area contributed by atoms with Crippen molar-refractivity contribution in [2.45, 2.75) is 50.3 Å². The summed E-state index contributed by atoms with van der Waals surface area (Å²) in [6.07, 6.45) is 0.896. The average molecular weight is 479 g/mol. The number of carboxylic acids is 1. The van der Waals surface area contributed by atoms with Gasteiger partial charge in [0.1, 0.15) is 6.61 Å². The van der Waals surface area contributed by atoms with E-state index in [0.717, 1.165) is 28.7 Å². The van der Waals surface area contributed by atoms with Crippen LogP contribution in [-0.4, -0.2) is 65.9 Å². The number of carbonyl (C=O) groups is 3. The molecule has 3 aliphatic rings. The van der Waals surface area contributed by atoms with Crippen LogP contribution in [0.25, 0.3) is 11.1 Å². The lowest BCUT2D eigenvalue weighted by molar-refractivity contribution is -0.167. The molecule has 184 valence electrons. The summed E-state index contributed by atoms with van der Waals surface area (Å²) in [4.78, 5) is 39.3. The van der Waals surface area contributed by atoms with Gasteiger partial charge in [-0.25, -0.2) is 9.59 Å². The first kappa shape index (κ1) is 23.4. The van der Waals surface area contributed by atoms with E-state index in [1.807, 2.05) is 24.3 Å². The van der Waals surface area contributed by atoms with E-state index in [1.165, 1.54) is 4.90 Å². The highest BCUT2D eigenvalue weighted by atomic mass is 16.5. The fourth-order valence-electron chi connectivity index (χ4n) is 5.83. The first-order chi connectivity index (χ1) is 17.0. The number of rotatable bonds is 5. The Bertz CT molecular complexity index is 1090. The van der Waals surface area contributed by atoms with Gasteiger partial charge in [-0.05, 0) is 42.0 Å². The van der Waals surface area contributed by atoms with E-state index in [0.29, 0.717) is 19.4 Å². The number of benzene rings is 2. The predicted molar refractivity (Wildman–Crippen MR) is 128 cm³/mol. The van der Waals surface area contributed by atoms with E-state index in [1.54, 1.807) is 6.92 Å². The van der Waals surface area contributed by atoms with Crippen LogP contribution >= 0.6 is 0 Å². The van der Waals surface area contributed by atoms with Gasteiger partial charge in [0.15, 0.2) is 6.04 Å². The molecule has 0 spiro atoms. The molecule has 0 radical (unpaired) electrons. The third-order valence-electron chi connectivity index (χ3n) is 7.51. The van der Waals surface area contributed by atoms with Crippen molar-refractivity contribution in [2.75, 3.05) is 19.8 Å². The molecule has 1 saturated heterocycles. The van der Waals surface area contributed by atoms with Crippen LogP contribution in [0.3, 0.4) is 0 Å². The fourth-order valence-corrected chi connectivity index (χ4v) is 5.83. The highest BCUT2D eigenvalue weighted by Crippen LogP contribution is 2.44. The number of amides is 2. The van der Waals surface area contributed by atoms with Crippen molar-refractivity contribution in [3.63, 3.8) is 0 Å². The zero-order valence-corrected chi connectivity index (χ0v) is 19.7. The van der Waals surface area contributed by atoms with Gasteiger partial charge in [-0.1, -0.05) is 55.0 Å². The molecule has 0 bridgehead atoms. The Kier molecular flexibility index (Phi) is 6.47. The van der Waals surface area contributed by atoms with Crippen LogP contribution in [-0.2, 0) is 19.1 Å². The Morgan fingerprint density at radius 3 is 2.37 bits per heavy atom. The van der Waals surface area contributed by atoms with Crippen LogP contribution in [0, 0.1) is 5.92 Å². The van der Waals surface area contributed by atoms with Crippen LogP contribution < -0.4 is 5.32 Å². The van der Waals surface area contributed by atoms with E-state index in [9.17, 15) is 19.5 Å². The van der Waals surface area contributed by atoms with E-state index in [2.05, 4.69) is 29.6 Å². The Balaban J connectivity index is 1.23. The van der Waals surface area contributed by atoms with Gasteiger partial charge >= 0.3 is 12.1 Å². The highest BCUT2D eigenvalue weighted by Gasteiger charge is 2.44. The van der Waals surface area contributed by atoms with Gasteiger partial charge in [0.05, 0.1) is 18.6 Å². The fraction of sp³-hybridized carbons (Fsp3) is 0.444. The van der Waals surface area contributed by atoms with E-state index in [-0.39, 0.29) is 31.0 Å². The maximum Gasteiger partial charge on any atom is 0.407 e. The molecular weight excluding hydrogens is 448 g/mol. The van der Waals surface area contributed by atoms with Gasteiger partial charge in [-0.3, -0.25) is 4.79 Å². The summed E-state index contributed by atoms with van der Waals surface area (Å²) in [5.41, 5.74) is 4.59. The van der Waals surface area contributed by atoms with Crippen LogP contribution in [0.2, 0.25) is 0 Å². The van der Waals surface area contributed by atoms with Gasteiger partial charge < -0.3 is 24.8 Å². The normalized spacial score (nSPS) is 25.6. The topological polar surface area (TPSA) is 105 Å². The summed E-state index contributed by atoms with van der Waals surface area (Å²) in [5, 5.41) is 12.5. The number of carbonyl (C=O) groups excluding carboxylic acids is 2. The summed E-state index contributed by atoms with van der Waals surface area (Å²) in [7, 11) is 0. The van der Waals surface area contributed by atoms with Crippen molar-refractivity contribution in [3.05, 3.63) is 59.7 Å². The molecule has 4 unspecified atom stereocenters. The molecule has 4 atom stereocenters. The largest absolute Gasteiger partial charge is 0.480 e. The molecule has 1 saturated carbocycles. The van der Waals surface area contributed by atoms with Gasteiger partial charge in [0.2, 0.25) is 5.91 Å². The molecule has 2 N–H and O–H groups in total. The van der Waals surface area contributed by atoms with Crippen LogP contribution in [0.5, 0.6) is 0 Å². The smallest absolute Gasteiger partial charge is 0.407 e. The molecule has 8 nitrogen and oxygen atoms in total. The standard InChI is InChI=1S/C27H30N2O6/c1-16-24(26(31)32)29(13-14-34-16)25(30)21-11-6-12-23(21)28-27(33)35-15-22-19-9-4-2-7-17(19)18-8-3-5-10-20(18)22/h2-5,7-10,16,21-24H,6,11-15H2,1H3,(H,28,33)(H,31,32). The second-order valence-corrected chi connectivity index (χ2v) is 9.50. The van der Waals surface area contributed by atoms with Crippen molar-refractivity contribution < 1.29 is 29.0 Å². The number of carboxylic acid groups (broad SMARTS) is 1. The van der Waals surface area contributed by atoms with E-state index >= 15 is 0 Å². The molecule has 2 amide bonds. The second kappa shape index (κ2) is 9.70. The quantitative estimate of drug-likeness (QED) is 0.683. The summed E-state index contributed by atoms with van der Waals surface area (Å²) in [5.74, 6) is -1.83. The first-order valence-corrected chi connectivity index (χ1v) is 12.2. The third kappa shape index (κ3) is 4.38. The van der Waals surface area contributed by atoms with Crippen molar-refractivity contribution in [3.8, 4) is 11.1 Å². The number of ether oxygens (including phenoxy) is 2. The van der Waals surface area contributed by atoms with Crippen LogP contribution in [0.15, 0.2) is 48.5 Å². The lowest BCUT2D eigenvalue weighted by Gasteiger charge is -2.39. The molecule has 0 aromatic heterocycles. The zero-order valence-electron chi connectivity index (χ0n) is 19.7. The molecule has 8 heteroatoms. The summed E-state index contributed by atoms with van der Waals surface area (Å²) in [6, 6.07) is 14.9. The lowest BCUT2D eigenvalue weighted by Crippen LogP contribution is -2.59. The molecule has 2 aliphatic carbocycles. The number of fused-ring (bicyclic) bond motifs is 3. The van der Waals surface area contributed by atoms with Gasteiger partial charge in [0.25, 0.3) is 0 Å². The summed E-state index contributed by atoms with van der Waals surface area (Å²) >= 11 is 0. The number of nitrogens with zero attached hydrogens (tertiary/aromatic N) is 1. The molecule has 1 heterocycles. The molecule has 35 heavy (non-hydrogen) atoms. The van der Waals surface area contributed by atoms with Crippen molar-refractivity contribution in [2.24, 2.45) is 5.92 Å². The first-order valence-electron chi connectivity index (χ1n) is 12.2. The molecule has 1 aliphatic heterocycles. The van der Waals surface area contributed by atoms with Crippen LogP contribution in [0.1, 0.15) is 43.2 Å². The SMILES string of the molecule is CC1OCCN(C(=O)C2CCCC2NC(=O)OCC2c3ccccc3-c3ccccc32)C1C(=O)O.